The van der Waals surface area contributed by atoms with E-state index in [4.69, 9.17) is 37.8 Å². The van der Waals surface area contributed by atoms with E-state index in [1.165, 1.54) is 26.2 Å². The first-order valence-corrected chi connectivity index (χ1v) is 19.4. The third-order valence-electron chi connectivity index (χ3n) is 8.98. The molecule has 1 N–H and O–H groups in total. The molecule has 1 heterocycles. The molecular weight excluding hydrogens is 822 g/mol. The lowest BCUT2D eigenvalue weighted by Crippen LogP contribution is -2.45. The summed E-state index contributed by atoms with van der Waals surface area (Å²) >= 11 is 12.9. The van der Waals surface area contributed by atoms with E-state index in [2.05, 4.69) is 4.98 Å². The number of alkyl halides is 3. The van der Waals surface area contributed by atoms with Crippen LogP contribution in [-0.4, -0.2) is 97.4 Å². The summed E-state index contributed by atoms with van der Waals surface area (Å²) in [7, 11) is 2.93. The summed E-state index contributed by atoms with van der Waals surface area (Å²) in [4.78, 5) is 24.9. The zero-order valence-corrected chi connectivity index (χ0v) is 34.5. The number of aliphatic carboxylic acids is 2. The van der Waals surface area contributed by atoms with Gasteiger partial charge in [-0.25, -0.2) is 22.2 Å². The molecule has 4 aromatic rings. The molecule has 0 radical (unpaired) electrons. The van der Waals surface area contributed by atoms with E-state index >= 15 is 4.39 Å². The van der Waals surface area contributed by atoms with Gasteiger partial charge in [-0.05, 0) is 67.4 Å². The molecule has 0 aliphatic carbocycles. The second kappa shape index (κ2) is 18.5. The number of carbonyl (C=O) groups is 2. The zero-order valence-electron chi connectivity index (χ0n) is 32.1. The standard InChI is InChI=1S/C36H42Cl2F2N4O5S.C2HF3O2/c1-23(35(45)46)42(17-8-18-44(4,5)6)50(47,48)27-20-30(38)28(31(40)21-27)14-16-34-41-22-33(43(34)26-12-10-25(39)11-13-26)36(2,3)24-9-15-29(37)32(19-24)49-7;3-2(4,5)1(6)7/h9-13,15,19-23H,8,14,16-18H2,1-7H3;(H,6,7)/t23-;/m1./s1. The molecule has 57 heavy (non-hydrogen) atoms. The van der Waals surface area contributed by atoms with E-state index in [-0.39, 0.29) is 30.0 Å². The average molecular weight is 866 g/mol. The smallest absolute Gasteiger partial charge is 0.430 e. The highest BCUT2D eigenvalue weighted by Crippen LogP contribution is 2.38. The number of ether oxygens (including phenoxy) is 1. The molecule has 0 bridgehead atoms. The largest absolute Gasteiger partial charge is 0.542 e. The monoisotopic (exact) mass is 864 g/mol. The van der Waals surface area contributed by atoms with Crippen molar-refractivity contribution in [3.63, 3.8) is 0 Å². The van der Waals surface area contributed by atoms with Crippen molar-refractivity contribution in [2.75, 3.05) is 41.3 Å². The van der Waals surface area contributed by atoms with Crippen LogP contribution in [-0.2, 0) is 37.9 Å². The van der Waals surface area contributed by atoms with Gasteiger partial charge in [0.05, 0.1) is 50.4 Å². The van der Waals surface area contributed by atoms with E-state index in [1.54, 1.807) is 24.4 Å². The summed E-state index contributed by atoms with van der Waals surface area (Å²) in [5.74, 6) is -4.55. The van der Waals surface area contributed by atoms with Gasteiger partial charge in [-0.2, -0.15) is 17.5 Å². The van der Waals surface area contributed by atoms with Crippen molar-refractivity contribution in [3.05, 3.63) is 105 Å². The molecule has 0 fully saturated rings. The number of nitrogens with zero attached hydrogens (tertiary/aromatic N) is 4. The first-order valence-electron chi connectivity index (χ1n) is 17.2. The number of aromatic nitrogens is 2. The maximum absolute atomic E-state index is 15.8. The van der Waals surface area contributed by atoms with Crippen LogP contribution >= 0.6 is 23.2 Å². The van der Waals surface area contributed by atoms with Gasteiger partial charge in [0.25, 0.3) is 0 Å². The van der Waals surface area contributed by atoms with Crippen LogP contribution < -0.4 is 9.84 Å². The third kappa shape index (κ3) is 11.9. The SMILES string of the molecule is COc1cc(C(C)(C)c2cnc(CCc3c(F)cc(S(=O)(=O)N(CCC[N+](C)(C)C)[C@H](C)C(=O)O)cc3Cl)n2-c2ccc(F)cc2)ccc1Cl.O=C([O-])C(F)(F)F. The van der Waals surface area contributed by atoms with Gasteiger partial charge in [-0.3, -0.25) is 9.36 Å². The quantitative estimate of drug-likeness (QED) is 0.106. The molecule has 0 saturated heterocycles. The Morgan fingerprint density at radius 3 is 2.11 bits per heavy atom. The van der Waals surface area contributed by atoms with Crippen molar-refractivity contribution in [2.24, 2.45) is 0 Å². The van der Waals surface area contributed by atoms with E-state index in [1.807, 2.05) is 51.7 Å². The van der Waals surface area contributed by atoms with Crippen LogP contribution in [0, 0.1) is 11.6 Å². The van der Waals surface area contributed by atoms with Crippen molar-refractivity contribution >= 4 is 45.2 Å². The Labute approximate surface area is 337 Å². The summed E-state index contributed by atoms with van der Waals surface area (Å²) in [6.45, 7) is 5.80. The number of halogens is 7. The molecule has 0 unspecified atom stereocenters. The van der Waals surface area contributed by atoms with Gasteiger partial charge in [-0.1, -0.05) is 43.1 Å². The van der Waals surface area contributed by atoms with Crippen LogP contribution in [0.2, 0.25) is 10.0 Å². The molecule has 11 nitrogen and oxygen atoms in total. The fraction of sp³-hybridized carbons (Fsp3) is 0.395. The van der Waals surface area contributed by atoms with Crippen LogP contribution in [0.4, 0.5) is 22.0 Å². The minimum Gasteiger partial charge on any atom is -0.542 e. The minimum absolute atomic E-state index is 0.0522. The Morgan fingerprint density at radius 1 is 1.00 bits per heavy atom. The van der Waals surface area contributed by atoms with Crippen LogP contribution in [0.5, 0.6) is 5.75 Å². The van der Waals surface area contributed by atoms with Gasteiger partial charge in [0.15, 0.2) is 0 Å². The Balaban J connectivity index is 0.00000113. The topological polar surface area (TPSA) is 142 Å². The summed E-state index contributed by atoms with van der Waals surface area (Å²) in [6, 6.07) is 12.1. The molecule has 19 heteroatoms. The summed E-state index contributed by atoms with van der Waals surface area (Å²) in [5, 5.41) is 18.8. The van der Waals surface area contributed by atoms with Gasteiger partial charge >= 0.3 is 12.1 Å². The normalized spacial score (nSPS) is 12.9. The maximum Gasteiger partial charge on any atom is 0.430 e. The van der Waals surface area contributed by atoms with Gasteiger partial charge < -0.3 is 24.2 Å². The molecule has 0 saturated carbocycles. The fourth-order valence-electron chi connectivity index (χ4n) is 5.77. The number of carboxylic acid groups (broad SMARTS) is 2. The van der Waals surface area contributed by atoms with Crippen LogP contribution in [0.3, 0.4) is 0 Å². The number of sulfonamides is 1. The molecule has 1 atom stereocenters. The predicted molar refractivity (Wildman–Crippen MR) is 202 cm³/mol. The second-order valence-electron chi connectivity index (χ2n) is 14.5. The number of carbonyl (C=O) groups excluding carboxylic acids is 1. The van der Waals surface area contributed by atoms with Gasteiger partial charge in [0, 0.05) is 47.3 Å². The number of rotatable bonds is 15. The minimum atomic E-state index is -5.19. The van der Waals surface area contributed by atoms with Crippen LogP contribution in [0.25, 0.3) is 5.69 Å². The lowest BCUT2D eigenvalue weighted by molar-refractivity contribution is -0.870. The Kier molecular flexibility index (Phi) is 15.3. The van der Waals surface area contributed by atoms with Gasteiger partial charge in [-0.15, -0.1) is 0 Å². The van der Waals surface area contributed by atoms with Crippen molar-refractivity contribution < 1.29 is 59.4 Å². The molecule has 4 rings (SSSR count). The van der Waals surface area contributed by atoms with Gasteiger partial charge in [0.1, 0.15) is 35.2 Å². The summed E-state index contributed by atoms with van der Waals surface area (Å²) < 4.78 is 97.5. The number of methoxy groups -OCH3 is 1. The fourth-order valence-corrected chi connectivity index (χ4v) is 8.00. The Hall–Kier alpha value is -4.29. The summed E-state index contributed by atoms with van der Waals surface area (Å²) in [6.07, 6.45) is -2.85. The first kappa shape index (κ1) is 47.1. The van der Waals surface area contributed by atoms with E-state index < -0.39 is 56.1 Å². The Morgan fingerprint density at radius 2 is 1.60 bits per heavy atom. The summed E-state index contributed by atoms with van der Waals surface area (Å²) in [5.41, 5.74) is 1.69. The lowest BCUT2D eigenvalue weighted by atomic mass is 9.81. The van der Waals surface area contributed by atoms with Crippen molar-refractivity contribution in [1.82, 2.24) is 13.9 Å². The predicted octanol–water partition coefficient (Wildman–Crippen LogP) is 6.44. The highest BCUT2D eigenvalue weighted by atomic mass is 35.5. The lowest BCUT2D eigenvalue weighted by Gasteiger charge is -2.29. The Bertz CT molecular complexity index is 2150. The van der Waals surface area contributed by atoms with E-state index in [0.717, 1.165) is 27.7 Å². The first-order chi connectivity index (χ1) is 26.2. The average Bonchev–Trinajstić information content (AvgIpc) is 3.54. The molecule has 1 aromatic heterocycles. The molecule has 3 aromatic carbocycles. The van der Waals surface area contributed by atoms with E-state index in [0.29, 0.717) is 39.7 Å². The van der Waals surface area contributed by atoms with Crippen LogP contribution in [0.15, 0.2) is 65.7 Å². The van der Waals surface area contributed by atoms with Crippen molar-refractivity contribution in [2.45, 2.75) is 62.6 Å². The number of quaternary nitrogens is 1. The molecule has 0 aliphatic rings. The van der Waals surface area contributed by atoms with Gasteiger partial charge in [0.2, 0.25) is 10.0 Å². The van der Waals surface area contributed by atoms with E-state index in [9.17, 15) is 35.9 Å². The van der Waals surface area contributed by atoms with Crippen LogP contribution in [0.1, 0.15) is 49.8 Å². The number of imidazole rings is 1. The molecule has 0 spiro atoms. The number of hydrogen-bond donors (Lipinski definition) is 1. The highest BCUT2D eigenvalue weighted by Gasteiger charge is 2.35. The number of benzene rings is 3. The molecule has 0 aliphatic heterocycles. The molecular formula is C38H43Cl2F5N4O7S. The third-order valence-corrected chi connectivity index (χ3v) is 11.6. The number of aryl methyl sites for hydroxylation is 1. The van der Waals surface area contributed by atoms with Crippen molar-refractivity contribution in [3.8, 4) is 11.4 Å². The maximum atomic E-state index is 15.8. The second-order valence-corrected chi connectivity index (χ2v) is 17.2. The highest BCUT2D eigenvalue weighted by molar-refractivity contribution is 7.89. The zero-order chi connectivity index (χ0) is 43.3. The van der Waals surface area contributed by atoms with Crippen molar-refractivity contribution in [1.29, 1.82) is 0 Å². The molecule has 312 valence electrons. The number of carboxylic acids is 2. The number of hydrogen-bond acceptors (Lipinski definition) is 7. The molecule has 0 amide bonds.